The maximum absolute atomic E-state index is 14.4. The number of aliphatic hydroxyl groups excluding tert-OH is 1. The molecule has 2 aromatic heterocycles. The Bertz CT molecular complexity index is 1270. The summed E-state index contributed by atoms with van der Waals surface area (Å²) in [4.78, 5) is 29.8. The van der Waals surface area contributed by atoms with Crippen molar-refractivity contribution in [3.8, 4) is 11.4 Å². The van der Waals surface area contributed by atoms with Crippen molar-refractivity contribution in [1.82, 2.24) is 9.55 Å². The average Bonchev–Trinajstić information content (AvgIpc) is 3.16. The third-order valence-electron chi connectivity index (χ3n) is 5.44. The van der Waals surface area contributed by atoms with Crippen LogP contribution in [-0.2, 0) is 22.7 Å². The largest absolute Gasteiger partial charge is 0.458 e. The summed E-state index contributed by atoms with van der Waals surface area (Å²) in [6, 6.07) is 4.96. The van der Waals surface area contributed by atoms with E-state index in [9.17, 15) is 19.1 Å². The highest BCUT2D eigenvalue weighted by atomic mass is 32.2. The van der Waals surface area contributed by atoms with Crippen molar-refractivity contribution < 1.29 is 19.0 Å². The van der Waals surface area contributed by atoms with Crippen molar-refractivity contribution in [3.05, 3.63) is 56.6 Å². The highest BCUT2D eigenvalue weighted by Gasteiger charge is 2.33. The van der Waals surface area contributed by atoms with Gasteiger partial charge in [-0.2, -0.15) is 0 Å². The zero-order chi connectivity index (χ0) is 23.7. The quantitative estimate of drug-likeness (QED) is 0.328. The molecular formula is C24H27FN2O4S. The van der Waals surface area contributed by atoms with Gasteiger partial charge in [-0.15, -0.1) is 11.8 Å². The molecule has 1 aromatic carbocycles. The van der Waals surface area contributed by atoms with Crippen LogP contribution in [0.3, 0.4) is 0 Å². The highest BCUT2D eigenvalue weighted by Crippen LogP contribution is 2.37. The van der Waals surface area contributed by atoms with Crippen molar-refractivity contribution in [2.75, 3.05) is 6.26 Å². The number of halogens is 1. The van der Waals surface area contributed by atoms with Gasteiger partial charge in [-0.3, -0.25) is 4.79 Å². The standard InChI is InChI=1S/C20H15FN2O4S.2C2H6/c1-8-10-3-9-6-23-15(16(9)22-14(10)5-13(21)18(8)28-2)4-11-12(19(23)25)7-27-20(26)17(11)24;2*1-2/h3-5,17,24H,6-7H2,1-2H3;2*1-2H3. The smallest absolute Gasteiger partial charge is 0.340 e. The number of carbonyl (C=O) groups is 1. The average molecular weight is 459 g/mol. The van der Waals surface area contributed by atoms with Gasteiger partial charge in [0, 0.05) is 27.5 Å². The summed E-state index contributed by atoms with van der Waals surface area (Å²) in [5, 5.41) is 11.0. The fourth-order valence-corrected chi connectivity index (χ4v) is 4.70. The fourth-order valence-electron chi connectivity index (χ4n) is 4.03. The number of aromatic nitrogens is 2. The van der Waals surface area contributed by atoms with E-state index in [1.165, 1.54) is 17.8 Å². The SMILES string of the molecule is CC.CC.CSc1c(F)cc2nc3c(cc2c1C)Cn1c-3cc2c(c1=O)COC(=O)C2O. The Morgan fingerprint density at radius 2 is 1.88 bits per heavy atom. The Morgan fingerprint density at radius 1 is 1.19 bits per heavy atom. The van der Waals surface area contributed by atoms with Gasteiger partial charge in [0.15, 0.2) is 6.10 Å². The van der Waals surface area contributed by atoms with E-state index in [1.807, 2.05) is 46.9 Å². The molecule has 1 atom stereocenters. The molecular weight excluding hydrogens is 431 g/mol. The number of aliphatic hydroxyl groups is 1. The van der Waals surface area contributed by atoms with Crippen LogP contribution in [0.15, 0.2) is 27.9 Å². The van der Waals surface area contributed by atoms with Gasteiger partial charge in [0.1, 0.15) is 12.4 Å². The Hall–Kier alpha value is -2.71. The predicted octanol–water partition coefficient (Wildman–Crippen LogP) is 4.74. The third kappa shape index (κ3) is 3.61. The lowest BCUT2D eigenvalue weighted by molar-refractivity contribution is -0.157. The maximum Gasteiger partial charge on any atom is 0.340 e. The molecule has 8 heteroatoms. The lowest BCUT2D eigenvalue weighted by Crippen LogP contribution is -2.32. The Kier molecular flexibility index (Phi) is 7.05. The molecule has 4 heterocycles. The second kappa shape index (κ2) is 9.42. The zero-order valence-corrected chi connectivity index (χ0v) is 19.9. The molecule has 0 saturated heterocycles. The molecule has 5 rings (SSSR count). The van der Waals surface area contributed by atoms with Crippen LogP contribution in [0.25, 0.3) is 22.3 Å². The van der Waals surface area contributed by atoms with Crippen LogP contribution >= 0.6 is 11.8 Å². The lowest BCUT2D eigenvalue weighted by Gasteiger charge is -2.21. The minimum absolute atomic E-state index is 0.155. The number of ether oxygens (including phenoxy) is 1. The molecule has 0 bridgehead atoms. The Morgan fingerprint density at radius 3 is 2.53 bits per heavy atom. The van der Waals surface area contributed by atoms with Crippen molar-refractivity contribution >= 4 is 28.6 Å². The first-order valence-electron chi connectivity index (χ1n) is 10.7. The van der Waals surface area contributed by atoms with Crippen molar-refractivity contribution in [3.63, 3.8) is 0 Å². The van der Waals surface area contributed by atoms with Gasteiger partial charge in [-0.1, -0.05) is 27.7 Å². The Balaban J connectivity index is 0.000000686. The molecule has 170 valence electrons. The summed E-state index contributed by atoms with van der Waals surface area (Å²) in [7, 11) is 0. The number of esters is 1. The summed E-state index contributed by atoms with van der Waals surface area (Å²) in [6.07, 6.45) is 0.336. The van der Waals surface area contributed by atoms with E-state index in [-0.39, 0.29) is 29.1 Å². The normalized spacial score (nSPS) is 15.5. The van der Waals surface area contributed by atoms with Crippen LogP contribution in [0.1, 0.15) is 56.1 Å². The van der Waals surface area contributed by atoms with E-state index in [4.69, 9.17) is 4.74 Å². The summed E-state index contributed by atoms with van der Waals surface area (Å²) >= 11 is 1.35. The van der Waals surface area contributed by atoms with Gasteiger partial charge < -0.3 is 14.4 Å². The molecule has 6 nitrogen and oxygen atoms in total. The summed E-state index contributed by atoms with van der Waals surface area (Å²) in [5.74, 6) is -1.10. The number of rotatable bonds is 1. The molecule has 0 spiro atoms. The lowest BCUT2D eigenvalue weighted by atomic mass is 10.00. The van der Waals surface area contributed by atoms with Crippen molar-refractivity contribution in [1.29, 1.82) is 0 Å². The van der Waals surface area contributed by atoms with Crippen LogP contribution < -0.4 is 5.56 Å². The number of pyridine rings is 2. The molecule has 0 amide bonds. The van der Waals surface area contributed by atoms with E-state index < -0.39 is 12.1 Å². The maximum atomic E-state index is 14.4. The van der Waals surface area contributed by atoms with Gasteiger partial charge in [-0.25, -0.2) is 14.2 Å². The Labute approximate surface area is 190 Å². The van der Waals surface area contributed by atoms with E-state index >= 15 is 0 Å². The number of benzene rings is 1. The second-order valence-electron chi connectivity index (χ2n) is 6.94. The molecule has 2 aliphatic heterocycles. The number of fused-ring (bicyclic) bond motifs is 5. The third-order valence-corrected chi connectivity index (χ3v) is 6.35. The van der Waals surface area contributed by atoms with E-state index in [1.54, 1.807) is 10.6 Å². The van der Waals surface area contributed by atoms with Gasteiger partial charge in [0.05, 0.1) is 29.0 Å². The number of hydrogen-bond acceptors (Lipinski definition) is 6. The van der Waals surface area contributed by atoms with Crippen molar-refractivity contribution in [2.24, 2.45) is 0 Å². The molecule has 32 heavy (non-hydrogen) atoms. The number of nitrogens with zero attached hydrogens (tertiary/aromatic N) is 2. The number of cyclic esters (lactones) is 1. The number of carbonyl (C=O) groups excluding carboxylic acids is 1. The van der Waals surface area contributed by atoms with Gasteiger partial charge in [0.25, 0.3) is 5.56 Å². The first kappa shape index (κ1) is 23.9. The summed E-state index contributed by atoms with van der Waals surface area (Å²) in [5.41, 5.74) is 3.46. The van der Waals surface area contributed by atoms with E-state index in [2.05, 4.69) is 4.98 Å². The molecule has 0 radical (unpaired) electrons. The van der Waals surface area contributed by atoms with Crippen molar-refractivity contribution in [2.45, 2.75) is 58.8 Å². The number of aryl methyl sites for hydroxylation is 1. The van der Waals surface area contributed by atoms with Crippen LogP contribution in [0.2, 0.25) is 0 Å². The molecule has 0 fully saturated rings. The molecule has 3 aromatic rings. The van der Waals surface area contributed by atoms with E-state index in [0.717, 1.165) is 16.5 Å². The topological polar surface area (TPSA) is 81.4 Å². The highest BCUT2D eigenvalue weighted by molar-refractivity contribution is 7.98. The monoisotopic (exact) mass is 458 g/mol. The van der Waals surface area contributed by atoms with Crippen LogP contribution in [0.5, 0.6) is 0 Å². The van der Waals surface area contributed by atoms with Crippen LogP contribution in [0.4, 0.5) is 4.39 Å². The minimum atomic E-state index is -1.49. The molecule has 0 aliphatic carbocycles. The number of hydrogen-bond donors (Lipinski definition) is 1. The predicted molar refractivity (Wildman–Crippen MR) is 124 cm³/mol. The van der Waals surface area contributed by atoms with Gasteiger partial charge in [-0.05, 0) is 30.9 Å². The zero-order valence-electron chi connectivity index (χ0n) is 19.1. The van der Waals surface area contributed by atoms with E-state index in [0.29, 0.717) is 28.3 Å². The van der Waals surface area contributed by atoms with Crippen LogP contribution in [0, 0.1) is 12.7 Å². The van der Waals surface area contributed by atoms with Gasteiger partial charge in [0.2, 0.25) is 0 Å². The molecule has 2 aliphatic rings. The second-order valence-corrected chi connectivity index (χ2v) is 7.76. The molecule has 0 saturated carbocycles. The number of thioether (sulfide) groups is 1. The van der Waals surface area contributed by atoms with Gasteiger partial charge >= 0.3 is 5.97 Å². The summed E-state index contributed by atoms with van der Waals surface area (Å²) in [6.45, 7) is 10.0. The first-order chi connectivity index (χ1) is 15.4. The summed E-state index contributed by atoms with van der Waals surface area (Å²) < 4.78 is 20.9. The molecule has 1 N–H and O–H groups in total. The minimum Gasteiger partial charge on any atom is -0.458 e. The first-order valence-corrected chi connectivity index (χ1v) is 11.9. The fraction of sp³-hybridized carbons (Fsp3) is 0.375. The molecule has 1 unspecified atom stereocenters. The van der Waals surface area contributed by atoms with Crippen LogP contribution in [-0.4, -0.2) is 26.9 Å².